The number of hydrogen-bond donors (Lipinski definition) is 2. The Balaban J connectivity index is 1.23. The van der Waals surface area contributed by atoms with E-state index in [9.17, 15) is 25.1 Å². The molecule has 236 valence electrons. The van der Waals surface area contributed by atoms with Crippen LogP contribution in [0.15, 0.2) is 54.6 Å². The van der Waals surface area contributed by atoms with Crippen LogP contribution >= 0.6 is 0 Å². The molecule has 2 unspecified atom stereocenters. The third-order valence-electron chi connectivity index (χ3n) is 11.5. The second kappa shape index (κ2) is 10.8. The minimum atomic E-state index is -1.23. The number of carbonyl (C=O) groups is 1. The van der Waals surface area contributed by atoms with Crippen LogP contribution in [-0.4, -0.2) is 74.8 Å². The van der Waals surface area contributed by atoms with Crippen molar-refractivity contribution < 1.29 is 24.7 Å². The number of phenols is 1. The minimum Gasteiger partial charge on any atom is -0.504 e. The number of likely N-dealkylation sites (N-methyl/N-ethyl adjacent to an activating group) is 1. The first kappa shape index (κ1) is 29.7. The molecular formula is C36H41N3O6. The number of nitro benzene ring substituents is 1. The van der Waals surface area contributed by atoms with Crippen molar-refractivity contribution in [1.82, 2.24) is 9.80 Å². The molecule has 1 saturated carbocycles. The smallest absolute Gasteiger partial charge is 0.276 e. The lowest BCUT2D eigenvalue weighted by molar-refractivity contribution is -0.386. The van der Waals surface area contributed by atoms with Gasteiger partial charge in [0.15, 0.2) is 11.5 Å². The molecule has 1 spiro atoms. The largest absolute Gasteiger partial charge is 0.504 e. The molecule has 45 heavy (non-hydrogen) atoms. The van der Waals surface area contributed by atoms with Crippen molar-refractivity contribution in [2.24, 2.45) is 0 Å². The standard InChI is InChI=1S/C36H41N3O6/c1-22-9-10-25(19-23(22)2)11-12-31(41)37(3)27-13-15-36(42)30-20-26-28(39(43)44)21-29(40)33-32(26)35(36,34(27)45-33)16-18-38(30)17-14-24-7-5-4-6-8-24/h4-10,19,21,27,30,34,40,42H,11-18,20H2,1-3H3/t27?,30-,34?,35+,36-/m1/s1. The maximum atomic E-state index is 13.7. The normalized spacial score (nSPS) is 27.9. The number of benzene rings is 3. The fourth-order valence-electron chi connectivity index (χ4n) is 8.99. The van der Waals surface area contributed by atoms with Gasteiger partial charge in [-0.05, 0) is 81.2 Å². The van der Waals surface area contributed by atoms with Gasteiger partial charge in [-0.2, -0.15) is 0 Å². The van der Waals surface area contributed by atoms with E-state index in [0.29, 0.717) is 62.7 Å². The molecule has 2 aliphatic heterocycles. The maximum absolute atomic E-state index is 13.7. The zero-order chi connectivity index (χ0) is 31.7. The summed E-state index contributed by atoms with van der Waals surface area (Å²) in [5.74, 6) is -0.0557. The van der Waals surface area contributed by atoms with Gasteiger partial charge in [0.05, 0.1) is 28.0 Å². The Morgan fingerprint density at radius 2 is 1.87 bits per heavy atom. The van der Waals surface area contributed by atoms with Gasteiger partial charge in [0.25, 0.3) is 5.69 Å². The Morgan fingerprint density at radius 1 is 1.09 bits per heavy atom. The van der Waals surface area contributed by atoms with E-state index in [1.54, 1.807) is 11.9 Å². The van der Waals surface area contributed by atoms with Gasteiger partial charge in [-0.25, -0.2) is 0 Å². The number of aromatic hydroxyl groups is 1. The van der Waals surface area contributed by atoms with E-state index in [4.69, 9.17) is 4.74 Å². The number of phenolic OH excluding ortho intramolecular Hbond substituents is 1. The first-order chi connectivity index (χ1) is 21.5. The molecule has 9 nitrogen and oxygen atoms in total. The molecule has 1 saturated heterocycles. The van der Waals surface area contributed by atoms with Crippen molar-refractivity contribution >= 4 is 11.6 Å². The summed E-state index contributed by atoms with van der Waals surface area (Å²) < 4.78 is 6.60. The van der Waals surface area contributed by atoms with Crippen LogP contribution in [0.4, 0.5) is 5.69 Å². The monoisotopic (exact) mass is 611 g/mol. The molecule has 2 heterocycles. The van der Waals surface area contributed by atoms with Crippen molar-refractivity contribution in [1.29, 1.82) is 0 Å². The predicted molar refractivity (Wildman–Crippen MR) is 170 cm³/mol. The molecular weight excluding hydrogens is 570 g/mol. The third-order valence-corrected chi connectivity index (χ3v) is 11.5. The Kier molecular flexibility index (Phi) is 7.17. The Bertz CT molecular complexity index is 1680. The van der Waals surface area contributed by atoms with Crippen molar-refractivity contribution in [2.75, 3.05) is 20.1 Å². The second-order valence-corrected chi connectivity index (χ2v) is 13.6. The van der Waals surface area contributed by atoms with Crippen LogP contribution in [0.5, 0.6) is 11.5 Å². The summed E-state index contributed by atoms with van der Waals surface area (Å²) in [5, 5.41) is 36.2. The highest BCUT2D eigenvalue weighted by Gasteiger charge is 2.74. The highest BCUT2D eigenvalue weighted by molar-refractivity contribution is 5.77. The van der Waals surface area contributed by atoms with Gasteiger partial charge in [0.2, 0.25) is 5.91 Å². The number of ether oxygens (including phenoxy) is 1. The van der Waals surface area contributed by atoms with Crippen LogP contribution < -0.4 is 4.74 Å². The summed E-state index contributed by atoms with van der Waals surface area (Å²) in [7, 11) is 1.80. The fraction of sp³-hybridized carbons (Fsp3) is 0.472. The number of nitro groups is 1. The van der Waals surface area contributed by atoms with Crippen molar-refractivity contribution in [3.05, 3.63) is 98.1 Å². The van der Waals surface area contributed by atoms with E-state index in [2.05, 4.69) is 49.1 Å². The highest BCUT2D eigenvalue weighted by Crippen LogP contribution is 2.67. The average Bonchev–Trinajstić information content (AvgIpc) is 3.37. The number of amides is 1. The zero-order valence-corrected chi connectivity index (χ0v) is 26.2. The molecule has 2 N–H and O–H groups in total. The molecule has 3 aromatic rings. The Labute approximate surface area is 263 Å². The topological polar surface area (TPSA) is 116 Å². The molecule has 2 fully saturated rings. The van der Waals surface area contributed by atoms with E-state index in [1.165, 1.54) is 22.8 Å². The van der Waals surface area contributed by atoms with Gasteiger partial charge in [-0.1, -0.05) is 48.5 Å². The molecule has 3 aromatic carbocycles. The van der Waals surface area contributed by atoms with Crippen LogP contribution in [-0.2, 0) is 29.5 Å². The summed E-state index contributed by atoms with van der Waals surface area (Å²) in [4.78, 5) is 29.6. The van der Waals surface area contributed by atoms with Crippen molar-refractivity contribution in [3.8, 4) is 11.5 Å². The lowest BCUT2D eigenvalue weighted by Gasteiger charge is -2.64. The summed E-state index contributed by atoms with van der Waals surface area (Å²) in [6, 6.07) is 17.0. The summed E-state index contributed by atoms with van der Waals surface area (Å²) in [6.45, 7) is 5.54. The molecule has 9 heteroatoms. The highest BCUT2D eigenvalue weighted by atomic mass is 16.6. The lowest BCUT2D eigenvalue weighted by Crippen LogP contribution is -2.78. The SMILES string of the molecule is Cc1ccc(CCC(=O)N(C)C2CC[C@@]3(O)[C@H]4Cc5c([N+](=O)[O-])cc(O)c6c5[C@@]3(CCN4CCc3ccccc3)C2O6)cc1C. The molecule has 0 aromatic heterocycles. The maximum Gasteiger partial charge on any atom is 0.276 e. The Hall–Kier alpha value is -3.95. The second-order valence-electron chi connectivity index (χ2n) is 13.6. The van der Waals surface area contributed by atoms with E-state index in [-0.39, 0.29) is 35.2 Å². The lowest BCUT2D eigenvalue weighted by atomic mass is 9.48. The minimum absolute atomic E-state index is 0.0114. The van der Waals surface area contributed by atoms with Gasteiger partial charge in [-0.15, -0.1) is 0 Å². The van der Waals surface area contributed by atoms with E-state index < -0.39 is 22.0 Å². The molecule has 1 amide bonds. The Morgan fingerprint density at radius 3 is 2.60 bits per heavy atom. The molecule has 2 bridgehead atoms. The summed E-state index contributed by atoms with van der Waals surface area (Å²) in [5.41, 5.74) is 3.51. The van der Waals surface area contributed by atoms with Crippen molar-refractivity contribution in [3.63, 3.8) is 0 Å². The number of aryl methyl sites for hydroxylation is 3. The van der Waals surface area contributed by atoms with Crippen molar-refractivity contribution in [2.45, 2.75) is 88.0 Å². The first-order valence-corrected chi connectivity index (χ1v) is 16.1. The number of aliphatic hydroxyl groups is 1. The van der Waals surface area contributed by atoms with Crippen LogP contribution in [0.25, 0.3) is 0 Å². The number of hydrogen-bond acceptors (Lipinski definition) is 7. The van der Waals surface area contributed by atoms with E-state index >= 15 is 0 Å². The van der Waals surface area contributed by atoms with Crippen LogP contribution in [0.3, 0.4) is 0 Å². The predicted octanol–water partition coefficient (Wildman–Crippen LogP) is 4.77. The average molecular weight is 612 g/mol. The molecule has 4 aliphatic rings. The summed E-state index contributed by atoms with van der Waals surface area (Å²) in [6.07, 6.45) is 2.91. The van der Waals surface area contributed by atoms with Gasteiger partial charge in [0, 0.05) is 37.2 Å². The first-order valence-electron chi connectivity index (χ1n) is 16.1. The fourth-order valence-corrected chi connectivity index (χ4v) is 8.99. The number of piperidine rings is 1. The number of likely N-dealkylation sites (tertiary alicyclic amines) is 1. The van der Waals surface area contributed by atoms with Crippen LogP contribution in [0, 0.1) is 24.0 Å². The van der Waals surface area contributed by atoms with Crippen LogP contribution in [0.2, 0.25) is 0 Å². The quantitative estimate of drug-likeness (QED) is 0.278. The van der Waals surface area contributed by atoms with Gasteiger partial charge in [-0.3, -0.25) is 19.8 Å². The van der Waals surface area contributed by atoms with Gasteiger partial charge in [0.1, 0.15) is 6.10 Å². The molecule has 0 radical (unpaired) electrons. The zero-order valence-electron chi connectivity index (χ0n) is 26.2. The van der Waals surface area contributed by atoms with E-state index in [0.717, 1.165) is 12.0 Å². The number of carbonyl (C=O) groups excluding carboxylic acids is 1. The summed E-state index contributed by atoms with van der Waals surface area (Å²) >= 11 is 0. The van der Waals surface area contributed by atoms with Gasteiger partial charge < -0.3 is 19.8 Å². The molecule has 7 rings (SSSR count). The van der Waals surface area contributed by atoms with E-state index in [1.807, 2.05) is 18.2 Å². The van der Waals surface area contributed by atoms with Gasteiger partial charge >= 0.3 is 0 Å². The molecule has 5 atom stereocenters. The number of rotatable bonds is 8. The number of nitrogens with zero attached hydrogens (tertiary/aromatic N) is 3. The molecule has 2 aliphatic carbocycles. The van der Waals surface area contributed by atoms with Crippen LogP contribution in [0.1, 0.15) is 59.1 Å². The third kappa shape index (κ3) is 4.46.